The molecule has 3 nitrogen and oxygen atoms in total. The fraction of sp³-hybridized carbons (Fsp3) is 0.176. The molecule has 0 radical (unpaired) electrons. The Hall–Kier alpha value is -2.33. The Morgan fingerprint density at radius 3 is 2.67 bits per heavy atom. The Kier molecular flexibility index (Phi) is 3.88. The van der Waals surface area contributed by atoms with E-state index in [1.807, 2.05) is 37.4 Å². The average Bonchev–Trinajstić information content (AvgIpc) is 2.53. The van der Waals surface area contributed by atoms with Crippen molar-refractivity contribution in [1.29, 1.82) is 0 Å². The number of hydrogen-bond donors (Lipinski definition) is 1. The van der Waals surface area contributed by atoms with Crippen LogP contribution in [0.25, 0.3) is 10.8 Å². The summed E-state index contributed by atoms with van der Waals surface area (Å²) in [5.41, 5.74) is 1.62. The molecular weight excluding hydrogens is 265 g/mol. The number of halogens is 1. The highest BCUT2D eigenvalue weighted by atomic mass is 19.1. The van der Waals surface area contributed by atoms with Crippen LogP contribution < -0.4 is 5.32 Å². The van der Waals surface area contributed by atoms with E-state index in [1.165, 1.54) is 6.20 Å². The average molecular weight is 281 g/mol. The molecule has 0 saturated heterocycles. The first-order valence-corrected chi connectivity index (χ1v) is 6.96. The molecule has 2 aromatic heterocycles. The Balaban J connectivity index is 2.19. The van der Waals surface area contributed by atoms with Crippen LogP contribution >= 0.6 is 0 Å². The lowest BCUT2D eigenvalue weighted by Crippen LogP contribution is -2.23. The third-order valence-corrected chi connectivity index (χ3v) is 3.55. The second kappa shape index (κ2) is 5.97. The van der Waals surface area contributed by atoms with Crippen molar-refractivity contribution in [3.05, 3.63) is 72.1 Å². The lowest BCUT2D eigenvalue weighted by molar-refractivity contribution is 0.556. The van der Waals surface area contributed by atoms with Crippen LogP contribution in [-0.2, 0) is 0 Å². The summed E-state index contributed by atoms with van der Waals surface area (Å²) in [6, 6.07) is 9.50. The minimum Gasteiger partial charge on any atom is -0.306 e. The van der Waals surface area contributed by atoms with E-state index in [4.69, 9.17) is 0 Å². The third-order valence-electron chi connectivity index (χ3n) is 3.55. The van der Waals surface area contributed by atoms with Crippen molar-refractivity contribution in [2.45, 2.75) is 13.0 Å². The Bertz CT molecular complexity index is 752. The predicted molar refractivity (Wildman–Crippen MR) is 81.5 cm³/mol. The summed E-state index contributed by atoms with van der Waals surface area (Å²) < 4.78 is 14.1. The molecule has 1 unspecified atom stereocenters. The van der Waals surface area contributed by atoms with E-state index in [-0.39, 0.29) is 11.9 Å². The van der Waals surface area contributed by atoms with Gasteiger partial charge in [0.2, 0.25) is 0 Å². The SMILES string of the molecule is CCNC(c1ccncc1F)c1cccc2ccncc12. The summed E-state index contributed by atoms with van der Waals surface area (Å²) in [6.45, 7) is 2.75. The molecule has 0 aliphatic carbocycles. The van der Waals surface area contributed by atoms with E-state index in [9.17, 15) is 4.39 Å². The number of nitrogens with zero attached hydrogens (tertiary/aromatic N) is 2. The predicted octanol–water partition coefficient (Wildman–Crippen LogP) is 3.47. The minimum absolute atomic E-state index is 0.217. The second-order valence-electron chi connectivity index (χ2n) is 4.83. The molecule has 0 spiro atoms. The van der Waals surface area contributed by atoms with Crippen LogP contribution in [0.2, 0.25) is 0 Å². The Morgan fingerprint density at radius 2 is 1.86 bits per heavy atom. The molecule has 0 aliphatic heterocycles. The molecule has 2 heterocycles. The number of hydrogen-bond acceptors (Lipinski definition) is 3. The zero-order chi connectivity index (χ0) is 14.7. The summed E-state index contributed by atoms with van der Waals surface area (Å²) in [5, 5.41) is 5.48. The van der Waals surface area contributed by atoms with Crippen LogP contribution in [0.3, 0.4) is 0 Å². The highest BCUT2D eigenvalue weighted by Crippen LogP contribution is 2.29. The standard InChI is InChI=1S/C17H16FN3/c1-2-21-17(14-7-9-20-11-16(14)18)13-5-3-4-12-6-8-19-10-15(12)13/h3-11,17,21H,2H2,1H3. The molecule has 3 aromatic rings. The molecule has 0 amide bonds. The van der Waals surface area contributed by atoms with Crippen LogP contribution in [0.5, 0.6) is 0 Å². The molecule has 21 heavy (non-hydrogen) atoms. The van der Waals surface area contributed by atoms with Crippen LogP contribution in [0.15, 0.2) is 55.1 Å². The number of rotatable bonds is 4. The van der Waals surface area contributed by atoms with Gasteiger partial charge >= 0.3 is 0 Å². The van der Waals surface area contributed by atoms with Gasteiger partial charge in [-0.3, -0.25) is 9.97 Å². The van der Waals surface area contributed by atoms with Crippen molar-refractivity contribution in [2.24, 2.45) is 0 Å². The number of fused-ring (bicyclic) bond motifs is 1. The van der Waals surface area contributed by atoms with E-state index in [0.29, 0.717) is 5.56 Å². The maximum Gasteiger partial charge on any atom is 0.146 e. The quantitative estimate of drug-likeness (QED) is 0.795. The van der Waals surface area contributed by atoms with Gasteiger partial charge in [-0.25, -0.2) is 4.39 Å². The highest BCUT2D eigenvalue weighted by Gasteiger charge is 2.19. The molecule has 0 bridgehead atoms. The van der Waals surface area contributed by atoms with E-state index < -0.39 is 0 Å². The van der Waals surface area contributed by atoms with Crippen molar-refractivity contribution >= 4 is 10.8 Å². The fourth-order valence-electron chi connectivity index (χ4n) is 2.60. The zero-order valence-electron chi connectivity index (χ0n) is 11.8. The summed E-state index contributed by atoms with van der Waals surface area (Å²) >= 11 is 0. The van der Waals surface area contributed by atoms with Crippen molar-refractivity contribution in [2.75, 3.05) is 6.54 Å². The summed E-state index contributed by atoms with van der Waals surface area (Å²) in [7, 11) is 0. The molecule has 0 aliphatic rings. The third kappa shape index (κ3) is 2.62. The van der Waals surface area contributed by atoms with Crippen LogP contribution in [0.1, 0.15) is 24.1 Å². The van der Waals surface area contributed by atoms with Gasteiger partial charge in [0.25, 0.3) is 0 Å². The van der Waals surface area contributed by atoms with Gasteiger partial charge in [0.15, 0.2) is 0 Å². The first kappa shape index (κ1) is 13.6. The molecule has 0 fully saturated rings. The van der Waals surface area contributed by atoms with Crippen LogP contribution in [-0.4, -0.2) is 16.5 Å². The molecule has 1 aromatic carbocycles. The maximum atomic E-state index is 14.1. The van der Waals surface area contributed by atoms with Crippen molar-refractivity contribution < 1.29 is 4.39 Å². The zero-order valence-corrected chi connectivity index (χ0v) is 11.8. The van der Waals surface area contributed by atoms with Crippen molar-refractivity contribution in [1.82, 2.24) is 15.3 Å². The molecule has 1 N–H and O–H groups in total. The normalized spacial score (nSPS) is 12.5. The van der Waals surface area contributed by atoms with Gasteiger partial charge in [-0.2, -0.15) is 0 Å². The molecule has 106 valence electrons. The molecule has 0 saturated carbocycles. The van der Waals surface area contributed by atoms with Crippen LogP contribution in [0, 0.1) is 5.82 Å². The van der Waals surface area contributed by atoms with E-state index in [2.05, 4.69) is 15.3 Å². The number of pyridine rings is 2. The number of aromatic nitrogens is 2. The molecule has 4 heteroatoms. The fourth-order valence-corrected chi connectivity index (χ4v) is 2.60. The summed E-state index contributed by atoms with van der Waals surface area (Å²) in [5.74, 6) is -0.302. The van der Waals surface area contributed by atoms with E-state index >= 15 is 0 Å². The van der Waals surface area contributed by atoms with Crippen molar-refractivity contribution in [3.63, 3.8) is 0 Å². The minimum atomic E-state index is -0.302. The molecule has 3 rings (SSSR count). The first-order valence-electron chi connectivity index (χ1n) is 6.96. The van der Waals surface area contributed by atoms with E-state index in [1.54, 1.807) is 18.5 Å². The number of nitrogens with one attached hydrogen (secondary N) is 1. The van der Waals surface area contributed by atoms with E-state index in [0.717, 1.165) is 22.9 Å². The molecular formula is C17H16FN3. The number of benzene rings is 1. The van der Waals surface area contributed by atoms with Gasteiger partial charge in [0.1, 0.15) is 5.82 Å². The summed E-state index contributed by atoms with van der Waals surface area (Å²) in [4.78, 5) is 8.03. The topological polar surface area (TPSA) is 37.8 Å². The second-order valence-corrected chi connectivity index (χ2v) is 4.83. The Morgan fingerprint density at radius 1 is 1.05 bits per heavy atom. The van der Waals surface area contributed by atoms with Gasteiger partial charge < -0.3 is 5.32 Å². The monoisotopic (exact) mass is 281 g/mol. The van der Waals surface area contributed by atoms with Gasteiger partial charge in [0.05, 0.1) is 12.2 Å². The maximum absolute atomic E-state index is 14.1. The smallest absolute Gasteiger partial charge is 0.146 e. The highest BCUT2D eigenvalue weighted by molar-refractivity contribution is 5.85. The lowest BCUT2D eigenvalue weighted by atomic mass is 9.95. The lowest BCUT2D eigenvalue weighted by Gasteiger charge is -2.21. The van der Waals surface area contributed by atoms with Gasteiger partial charge in [0, 0.05) is 29.5 Å². The van der Waals surface area contributed by atoms with Crippen LogP contribution in [0.4, 0.5) is 4.39 Å². The van der Waals surface area contributed by atoms with Gasteiger partial charge in [-0.1, -0.05) is 25.1 Å². The van der Waals surface area contributed by atoms with Gasteiger partial charge in [-0.05, 0) is 29.6 Å². The summed E-state index contributed by atoms with van der Waals surface area (Å²) in [6.07, 6.45) is 6.46. The Labute approximate surface area is 122 Å². The van der Waals surface area contributed by atoms with Crippen molar-refractivity contribution in [3.8, 4) is 0 Å². The first-order chi connectivity index (χ1) is 10.3. The van der Waals surface area contributed by atoms with Gasteiger partial charge in [-0.15, -0.1) is 0 Å². The molecule has 1 atom stereocenters. The largest absolute Gasteiger partial charge is 0.306 e.